The molecule has 0 aliphatic rings. The number of fused-ring (bicyclic) bond motifs is 2. The van der Waals surface area contributed by atoms with Gasteiger partial charge in [-0.3, -0.25) is 0 Å². The predicted octanol–water partition coefficient (Wildman–Crippen LogP) is 8.05. The van der Waals surface area contributed by atoms with Gasteiger partial charge in [-0.1, -0.05) is 35.6 Å². The van der Waals surface area contributed by atoms with Gasteiger partial charge in [-0.2, -0.15) is 5.11 Å². The lowest BCUT2D eigenvalue weighted by Crippen LogP contribution is -2.08. The van der Waals surface area contributed by atoms with E-state index in [-0.39, 0.29) is 5.75 Å². The predicted molar refractivity (Wildman–Crippen MR) is 134 cm³/mol. The smallest absolute Gasteiger partial charge is 0.231 e. The highest BCUT2D eigenvalue weighted by Gasteiger charge is 2.07. The minimum atomic E-state index is 0.209. The summed E-state index contributed by atoms with van der Waals surface area (Å²) >= 11 is 1.38. The largest absolute Gasteiger partial charge is 0.508 e. The second-order valence-electron chi connectivity index (χ2n) is 7.61. The third-order valence-corrected chi connectivity index (χ3v) is 6.00. The number of benzene rings is 4. The SMILES string of the molecule is CN(C)c1ccc(N=Nc2ccc(N=Nc3nc4ccc(O)cc4s3)cc2)c2ccccc12. The third-order valence-electron chi connectivity index (χ3n) is 5.09. The van der Waals surface area contributed by atoms with Gasteiger partial charge in [0.2, 0.25) is 5.13 Å². The van der Waals surface area contributed by atoms with Gasteiger partial charge in [0.1, 0.15) is 5.75 Å². The first-order valence-corrected chi connectivity index (χ1v) is 11.1. The summed E-state index contributed by atoms with van der Waals surface area (Å²) in [5.41, 5.74) is 4.17. The molecule has 0 fully saturated rings. The minimum Gasteiger partial charge on any atom is -0.508 e. The molecule has 1 aromatic heterocycles. The summed E-state index contributed by atoms with van der Waals surface area (Å²) in [6.07, 6.45) is 0. The number of nitrogens with zero attached hydrogens (tertiary/aromatic N) is 6. The number of hydrogen-bond donors (Lipinski definition) is 1. The Balaban J connectivity index is 1.34. The van der Waals surface area contributed by atoms with Crippen LogP contribution in [0.4, 0.5) is 27.9 Å². The second-order valence-corrected chi connectivity index (χ2v) is 8.62. The fourth-order valence-electron chi connectivity index (χ4n) is 3.49. The van der Waals surface area contributed by atoms with Crippen LogP contribution in [0.2, 0.25) is 0 Å². The van der Waals surface area contributed by atoms with Crippen molar-refractivity contribution in [2.75, 3.05) is 19.0 Å². The van der Waals surface area contributed by atoms with Crippen LogP contribution in [-0.4, -0.2) is 24.2 Å². The molecule has 4 aromatic carbocycles. The standard InChI is InChI=1S/C25H20N6OS/c1-31(2)23-14-13-21(19-5-3-4-6-20(19)23)29-27-16-7-9-17(10-8-16)28-30-25-26-22-12-11-18(32)15-24(22)33-25/h3-15,32H,1-2H3. The average Bonchev–Trinajstić information content (AvgIpc) is 3.23. The van der Waals surface area contributed by atoms with Crippen LogP contribution < -0.4 is 4.90 Å². The molecule has 162 valence electrons. The van der Waals surface area contributed by atoms with Crippen LogP contribution in [0.25, 0.3) is 21.0 Å². The highest BCUT2D eigenvalue weighted by molar-refractivity contribution is 7.21. The number of hydrogen-bond acceptors (Lipinski definition) is 8. The fourth-order valence-corrected chi connectivity index (χ4v) is 4.31. The van der Waals surface area contributed by atoms with Crippen molar-refractivity contribution in [3.8, 4) is 5.75 Å². The number of phenols is 1. The molecule has 0 saturated carbocycles. The Kier molecular flexibility index (Phi) is 5.50. The Labute approximate surface area is 194 Å². The number of aromatic hydroxyl groups is 1. The van der Waals surface area contributed by atoms with E-state index in [1.165, 1.54) is 11.3 Å². The summed E-state index contributed by atoms with van der Waals surface area (Å²) in [7, 11) is 4.06. The van der Waals surface area contributed by atoms with Gasteiger partial charge >= 0.3 is 0 Å². The molecule has 33 heavy (non-hydrogen) atoms. The van der Waals surface area contributed by atoms with E-state index in [2.05, 4.69) is 48.5 Å². The summed E-state index contributed by atoms with van der Waals surface area (Å²) in [5, 5.41) is 29.7. The zero-order valence-corrected chi connectivity index (χ0v) is 18.9. The first-order chi connectivity index (χ1) is 16.1. The van der Waals surface area contributed by atoms with Crippen LogP contribution in [0.5, 0.6) is 5.75 Å². The van der Waals surface area contributed by atoms with Crippen molar-refractivity contribution in [3.05, 3.63) is 78.9 Å². The van der Waals surface area contributed by atoms with E-state index in [4.69, 9.17) is 0 Å². The Morgan fingerprint density at radius 2 is 1.45 bits per heavy atom. The molecule has 0 aliphatic carbocycles. The van der Waals surface area contributed by atoms with Crippen molar-refractivity contribution in [2.24, 2.45) is 20.5 Å². The van der Waals surface area contributed by atoms with Crippen molar-refractivity contribution < 1.29 is 5.11 Å². The van der Waals surface area contributed by atoms with Crippen LogP contribution in [-0.2, 0) is 0 Å². The molecule has 7 nitrogen and oxygen atoms in total. The van der Waals surface area contributed by atoms with Crippen LogP contribution in [0.1, 0.15) is 0 Å². The Morgan fingerprint density at radius 1 is 0.758 bits per heavy atom. The summed E-state index contributed by atoms with van der Waals surface area (Å²) in [6.45, 7) is 0. The molecule has 0 atom stereocenters. The maximum atomic E-state index is 9.58. The monoisotopic (exact) mass is 452 g/mol. The number of rotatable bonds is 5. The summed E-state index contributed by atoms with van der Waals surface area (Å²) in [6, 6.07) is 24.7. The van der Waals surface area contributed by atoms with Gasteiger partial charge in [-0.15, -0.1) is 15.3 Å². The highest BCUT2D eigenvalue weighted by Crippen LogP contribution is 2.34. The number of anilines is 1. The first kappa shape index (κ1) is 20.7. The van der Waals surface area contributed by atoms with Crippen molar-refractivity contribution >= 4 is 60.2 Å². The maximum absolute atomic E-state index is 9.58. The van der Waals surface area contributed by atoms with Crippen LogP contribution in [0, 0.1) is 0 Å². The van der Waals surface area contributed by atoms with Gasteiger partial charge in [0.05, 0.1) is 27.3 Å². The molecule has 0 saturated heterocycles. The lowest BCUT2D eigenvalue weighted by atomic mass is 10.1. The normalized spacial score (nSPS) is 11.8. The second kappa shape index (κ2) is 8.76. The van der Waals surface area contributed by atoms with Gasteiger partial charge in [0, 0.05) is 30.6 Å². The van der Waals surface area contributed by atoms with E-state index in [0.29, 0.717) is 10.8 Å². The number of aromatic nitrogens is 1. The molecule has 0 radical (unpaired) electrons. The van der Waals surface area contributed by atoms with E-state index in [1.807, 2.05) is 56.6 Å². The van der Waals surface area contributed by atoms with Crippen LogP contribution >= 0.6 is 11.3 Å². The van der Waals surface area contributed by atoms with E-state index in [1.54, 1.807) is 18.2 Å². The molecule has 0 aliphatic heterocycles. The van der Waals surface area contributed by atoms with Gasteiger partial charge in [0.15, 0.2) is 0 Å². The zero-order chi connectivity index (χ0) is 22.8. The van der Waals surface area contributed by atoms with Crippen molar-refractivity contribution in [2.45, 2.75) is 0 Å². The fraction of sp³-hybridized carbons (Fsp3) is 0.0800. The highest BCUT2D eigenvalue weighted by atomic mass is 32.1. The zero-order valence-electron chi connectivity index (χ0n) is 18.0. The van der Waals surface area contributed by atoms with E-state index in [9.17, 15) is 5.11 Å². The molecular formula is C25H20N6OS. The Hall–Kier alpha value is -4.17. The first-order valence-electron chi connectivity index (χ1n) is 10.3. The molecule has 0 unspecified atom stereocenters. The molecule has 0 bridgehead atoms. The molecule has 5 rings (SSSR count). The minimum absolute atomic E-state index is 0.209. The lowest BCUT2D eigenvalue weighted by Gasteiger charge is -2.16. The van der Waals surface area contributed by atoms with Crippen LogP contribution in [0.3, 0.4) is 0 Å². The average molecular weight is 453 g/mol. The molecule has 5 aromatic rings. The number of thiazole rings is 1. The third kappa shape index (κ3) is 4.42. The summed E-state index contributed by atoms with van der Waals surface area (Å²) in [4.78, 5) is 6.49. The maximum Gasteiger partial charge on any atom is 0.231 e. The molecule has 0 amide bonds. The summed E-state index contributed by atoms with van der Waals surface area (Å²) < 4.78 is 0.867. The number of phenolic OH excluding ortho intramolecular Hbond substituents is 1. The Bertz CT molecular complexity index is 1510. The van der Waals surface area contributed by atoms with Crippen molar-refractivity contribution in [3.63, 3.8) is 0 Å². The van der Waals surface area contributed by atoms with Gasteiger partial charge < -0.3 is 10.0 Å². The molecule has 1 N–H and O–H groups in total. The van der Waals surface area contributed by atoms with E-state index in [0.717, 1.165) is 38.1 Å². The molecular weight excluding hydrogens is 432 g/mol. The van der Waals surface area contributed by atoms with Gasteiger partial charge in [-0.05, 0) is 54.6 Å². The molecule has 1 heterocycles. The Morgan fingerprint density at radius 3 is 2.18 bits per heavy atom. The van der Waals surface area contributed by atoms with Crippen molar-refractivity contribution in [1.29, 1.82) is 0 Å². The van der Waals surface area contributed by atoms with E-state index >= 15 is 0 Å². The molecule has 8 heteroatoms. The molecule has 0 spiro atoms. The van der Waals surface area contributed by atoms with Gasteiger partial charge in [0.25, 0.3) is 0 Å². The summed E-state index contributed by atoms with van der Waals surface area (Å²) in [5.74, 6) is 0.209. The van der Waals surface area contributed by atoms with E-state index < -0.39 is 0 Å². The van der Waals surface area contributed by atoms with Gasteiger partial charge in [-0.25, -0.2) is 4.98 Å². The van der Waals surface area contributed by atoms with Crippen molar-refractivity contribution in [1.82, 2.24) is 4.98 Å². The number of azo groups is 2. The topological polar surface area (TPSA) is 85.8 Å². The lowest BCUT2D eigenvalue weighted by molar-refractivity contribution is 0.476. The quantitative estimate of drug-likeness (QED) is 0.274. The van der Waals surface area contributed by atoms with Crippen LogP contribution in [0.15, 0.2) is 99.3 Å².